The van der Waals surface area contributed by atoms with E-state index in [4.69, 9.17) is 4.74 Å². The summed E-state index contributed by atoms with van der Waals surface area (Å²) in [5.74, 6) is 0. The molecule has 1 aliphatic carbocycles. The SMILES string of the molecule is CC1(C)CCC[C@H](NC[C@@H]2CCCO2)C1. The largest absolute Gasteiger partial charge is 0.377 e. The topological polar surface area (TPSA) is 21.3 Å². The maximum atomic E-state index is 5.63. The van der Waals surface area contributed by atoms with E-state index < -0.39 is 0 Å². The summed E-state index contributed by atoms with van der Waals surface area (Å²) in [5, 5.41) is 3.69. The molecule has 2 atom stereocenters. The Morgan fingerprint density at radius 3 is 2.80 bits per heavy atom. The highest BCUT2D eigenvalue weighted by atomic mass is 16.5. The Morgan fingerprint density at radius 1 is 1.27 bits per heavy atom. The smallest absolute Gasteiger partial charge is 0.0700 e. The fourth-order valence-electron chi connectivity index (χ4n) is 2.98. The predicted octanol–water partition coefficient (Wildman–Crippen LogP) is 2.72. The third-order valence-corrected chi connectivity index (χ3v) is 3.86. The second-order valence-electron chi connectivity index (χ2n) is 6.00. The molecule has 2 heteroatoms. The van der Waals surface area contributed by atoms with Gasteiger partial charge in [0.15, 0.2) is 0 Å². The Labute approximate surface area is 93.8 Å². The summed E-state index contributed by atoms with van der Waals surface area (Å²) in [6.45, 7) is 6.84. The number of hydrogen-bond acceptors (Lipinski definition) is 2. The standard InChI is InChI=1S/C13H25NO/c1-13(2)7-3-5-11(9-13)14-10-12-6-4-8-15-12/h11-12,14H,3-10H2,1-2H3/t11-,12-/m0/s1. The monoisotopic (exact) mass is 211 g/mol. The predicted molar refractivity (Wildman–Crippen MR) is 63.0 cm³/mol. The fourth-order valence-corrected chi connectivity index (χ4v) is 2.98. The molecule has 0 bridgehead atoms. The average Bonchev–Trinajstić information content (AvgIpc) is 2.65. The fraction of sp³-hybridized carbons (Fsp3) is 1.00. The lowest BCUT2D eigenvalue weighted by Crippen LogP contribution is -2.40. The van der Waals surface area contributed by atoms with Gasteiger partial charge < -0.3 is 10.1 Å². The van der Waals surface area contributed by atoms with Crippen molar-refractivity contribution in [3.05, 3.63) is 0 Å². The molecule has 88 valence electrons. The molecule has 0 unspecified atom stereocenters. The second-order valence-corrected chi connectivity index (χ2v) is 6.00. The zero-order valence-electron chi connectivity index (χ0n) is 10.2. The van der Waals surface area contributed by atoms with Gasteiger partial charge in [-0.05, 0) is 37.5 Å². The van der Waals surface area contributed by atoms with E-state index in [0.717, 1.165) is 19.2 Å². The van der Waals surface area contributed by atoms with Gasteiger partial charge in [0.1, 0.15) is 0 Å². The molecule has 1 saturated carbocycles. The van der Waals surface area contributed by atoms with Crippen molar-refractivity contribution in [3.63, 3.8) is 0 Å². The Hall–Kier alpha value is -0.0800. The third-order valence-electron chi connectivity index (χ3n) is 3.86. The Morgan fingerprint density at radius 2 is 2.13 bits per heavy atom. The molecule has 0 spiro atoms. The average molecular weight is 211 g/mol. The van der Waals surface area contributed by atoms with Crippen LogP contribution in [0.3, 0.4) is 0 Å². The molecular weight excluding hydrogens is 186 g/mol. The van der Waals surface area contributed by atoms with Crippen molar-refractivity contribution in [2.24, 2.45) is 5.41 Å². The quantitative estimate of drug-likeness (QED) is 0.775. The summed E-state index contributed by atoms with van der Waals surface area (Å²) in [5.41, 5.74) is 0.548. The molecule has 1 saturated heterocycles. The molecule has 0 aromatic carbocycles. The molecule has 1 N–H and O–H groups in total. The van der Waals surface area contributed by atoms with Gasteiger partial charge in [0, 0.05) is 19.2 Å². The number of ether oxygens (including phenoxy) is 1. The summed E-state index contributed by atoms with van der Waals surface area (Å²) < 4.78 is 5.63. The Balaban J connectivity index is 1.69. The minimum atomic E-state index is 0.495. The summed E-state index contributed by atoms with van der Waals surface area (Å²) in [6.07, 6.45) is 8.47. The molecule has 2 nitrogen and oxygen atoms in total. The van der Waals surface area contributed by atoms with Crippen LogP contribution < -0.4 is 5.32 Å². The lowest BCUT2D eigenvalue weighted by molar-refractivity contribution is 0.100. The van der Waals surface area contributed by atoms with Crippen molar-refractivity contribution < 1.29 is 4.74 Å². The summed E-state index contributed by atoms with van der Waals surface area (Å²) >= 11 is 0. The molecule has 0 radical (unpaired) electrons. The van der Waals surface area contributed by atoms with Crippen LogP contribution in [0.25, 0.3) is 0 Å². The highest BCUT2D eigenvalue weighted by molar-refractivity contribution is 4.84. The van der Waals surface area contributed by atoms with Gasteiger partial charge in [-0.15, -0.1) is 0 Å². The molecule has 0 aromatic rings. The first-order valence-electron chi connectivity index (χ1n) is 6.51. The van der Waals surface area contributed by atoms with Gasteiger partial charge in [0.2, 0.25) is 0 Å². The van der Waals surface area contributed by atoms with Crippen LogP contribution in [0.4, 0.5) is 0 Å². The first kappa shape index (κ1) is 11.4. The lowest BCUT2D eigenvalue weighted by atomic mass is 9.75. The molecule has 15 heavy (non-hydrogen) atoms. The zero-order valence-corrected chi connectivity index (χ0v) is 10.2. The van der Waals surface area contributed by atoms with E-state index in [1.807, 2.05) is 0 Å². The molecule has 0 amide bonds. The van der Waals surface area contributed by atoms with Gasteiger partial charge in [-0.2, -0.15) is 0 Å². The highest BCUT2D eigenvalue weighted by Crippen LogP contribution is 2.35. The van der Waals surface area contributed by atoms with Crippen LogP contribution in [-0.4, -0.2) is 25.3 Å². The van der Waals surface area contributed by atoms with Crippen molar-refractivity contribution in [3.8, 4) is 0 Å². The van der Waals surface area contributed by atoms with E-state index in [0.29, 0.717) is 11.5 Å². The van der Waals surface area contributed by atoms with Gasteiger partial charge in [0.05, 0.1) is 6.10 Å². The minimum absolute atomic E-state index is 0.495. The Kier molecular flexibility index (Phi) is 3.68. The molecule has 1 aliphatic heterocycles. The maximum Gasteiger partial charge on any atom is 0.0700 e. The summed E-state index contributed by atoms with van der Waals surface area (Å²) in [4.78, 5) is 0. The third kappa shape index (κ3) is 3.46. The van der Waals surface area contributed by atoms with E-state index in [1.165, 1.54) is 38.5 Å². The van der Waals surface area contributed by atoms with E-state index in [2.05, 4.69) is 19.2 Å². The van der Waals surface area contributed by atoms with Crippen LogP contribution in [0.2, 0.25) is 0 Å². The van der Waals surface area contributed by atoms with Crippen molar-refractivity contribution >= 4 is 0 Å². The number of rotatable bonds is 3. The maximum absolute atomic E-state index is 5.63. The number of hydrogen-bond donors (Lipinski definition) is 1. The van der Waals surface area contributed by atoms with Gasteiger partial charge in [-0.25, -0.2) is 0 Å². The summed E-state index contributed by atoms with van der Waals surface area (Å²) in [7, 11) is 0. The van der Waals surface area contributed by atoms with Crippen LogP contribution in [-0.2, 0) is 4.74 Å². The van der Waals surface area contributed by atoms with Gasteiger partial charge in [-0.3, -0.25) is 0 Å². The molecular formula is C13H25NO. The second kappa shape index (κ2) is 4.84. The van der Waals surface area contributed by atoms with Gasteiger partial charge in [0.25, 0.3) is 0 Å². The van der Waals surface area contributed by atoms with Crippen LogP contribution >= 0.6 is 0 Å². The Bertz CT molecular complexity index is 197. The van der Waals surface area contributed by atoms with Crippen molar-refractivity contribution in [2.75, 3.05) is 13.2 Å². The van der Waals surface area contributed by atoms with Crippen molar-refractivity contribution in [2.45, 2.75) is 64.5 Å². The van der Waals surface area contributed by atoms with E-state index in [9.17, 15) is 0 Å². The first-order valence-corrected chi connectivity index (χ1v) is 6.51. The van der Waals surface area contributed by atoms with Crippen LogP contribution in [0.5, 0.6) is 0 Å². The van der Waals surface area contributed by atoms with Crippen LogP contribution in [0.15, 0.2) is 0 Å². The lowest BCUT2D eigenvalue weighted by Gasteiger charge is -2.36. The van der Waals surface area contributed by atoms with Crippen LogP contribution in [0, 0.1) is 5.41 Å². The van der Waals surface area contributed by atoms with Crippen molar-refractivity contribution in [1.29, 1.82) is 0 Å². The molecule has 2 fully saturated rings. The first-order chi connectivity index (χ1) is 7.16. The van der Waals surface area contributed by atoms with E-state index in [-0.39, 0.29) is 0 Å². The molecule has 0 aromatic heterocycles. The van der Waals surface area contributed by atoms with E-state index >= 15 is 0 Å². The molecule has 1 heterocycles. The highest BCUT2D eigenvalue weighted by Gasteiger charge is 2.28. The minimum Gasteiger partial charge on any atom is -0.377 e. The van der Waals surface area contributed by atoms with Crippen LogP contribution in [0.1, 0.15) is 52.4 Å². The number of nitrogens with one attached hydrogen (secondary N) is 1. The summed E-state index contributed by atoms with van der Waals surface area (Å²) in [6, 6.07) is 0.734. The normalized spacial score (nSPS) is 35.6. The molecule has 2 rings (SSSR count). The molecule has 2 aliphatic rings. The van der Waals surface area contributed by atoms with Crippen molar-refractivity contribution in [1.82, 2.24) is 5.32 Å². The zero-order chi connectivity index (χ0) is 10.7. The van der Waals surface area contributed by atoms with Gasteiger partial charge in [-0.1, -0.05) is 20.3 Å². The van der Waals surface area contributed by atoms with Gasteiger partial charge >= 0.3 is 0 Å². The van der Waals surface area contributed by atoms with E-state index in [1.54, 1.807) is 0 Å².